The Labute approximate surface area is 126 Å². The monoisotopic (exact) mass is 342 g/mol. The van der Waals surface area contributed by atoms with Gasteiger partial charge < -0.3 is 19.3 Å². The molecule has 1 fully saturated rings. The fraction of sp³-hybridized carbons (Fsp3) is 0.500. The third-order valence-electron chi connectivity index (χ3n) is 3.25. The molecule has 0 saturated carbocycles. The maximum absolute atomic E-state index is 11.7. The Balaban J connectivity index is 2.06. The Bertz CT molecular complexity index is 488. The summed E-state index contributed by atoms with van der Waals surface area (Å²) in [6.45, 7) is 2.10. The first-order valence-electron chi connectivity index (χ1n) is 6.31. The Morgan fingerprint density at radius 3 is 3.00 bits per heavy atom. The van der Waals surface area contributed by atoms with Crippen LogP contribution in [0.5, 0.6) is 5.75 Å². The Morgan fingerprint density at radius 2 is 2.40 bits per heavy atom. The summed E-state index contributed by atoms with van der Waals surface area (Å²) in [5.74, 6) is 0.320. The topological polar surface area (TPSA) is 71.9 Å². The summed E-state index contributed by atoms with van der Waals surface area (Å²) in [7, 11) is 0.619. The van der Waals surface area contributed by atoms with Gasteiger partial charge in [0.15, 0.2) is 0 Å². The number of methoxy groups -OCH3 is 1. The predicted molar refractivity (Wildman–Crippen MR) is 77.3 cm³/mol. The molecule has 6 nitrogen and oxygen atoms in total. The molecule has 0 spiro atoms. The van der Waals surface area contributed by atoms with E-state index in [2.05, 4.69) is 20.9 Å². The first-order chi connectivity index (χ1) is 9.51. The number of hydrogen-bond acceptors (Lipinski definition) is 6. The average molecular weight is 343 g/mol. The highest BCUT2D eigenvalue weighted by atomic mass is 79.9. The highest BCUT2D eigenvalue weighted by molar-refractivity contribution is 9.10. The lowest BCUT2D eigenvalue weighted by atomic mass is 9.84. The van der Waals surface area contributed by atoms with Gasteiger partial charge in [-0.1, -0.05) is 0 Å². The number of halogens is 1. The molecule has 1 aromatic rings. The number of nitrogens with zero attached hydrogens (tertiary/aromatic N) is 2. The lowest BCUT2D eigenvalue weighted by Gasteiger charge is -2.22. The smallest absolute Gasteiger partial charge is 0.377 e. The SMILES string of the molecule is COC(=O)[C@@H]1C[C@@H](Oc2ccnc(Br)c2)CN1B(C)O. The van der Waals surface area contributed by atoms with Crippen LogP contribution in [0.1, 0.15) is 6.42 Å². The second-order valence-electron chi connectivity index (χ2n) is 4.66. The van der Waals surface area contributed by atoms with Gasteiger partial charge in [0.05, 0.1) is 7.11 Å². The fourth-order valence-corrected chi connectivity index (χ4v) is 2.68. The molecule has 1 aromatic heterocycles. The van der Waals surface area contributed by atoms with Crippen molar-refractivity contribution in [2.45, 2.75) is 25.4 Å². The second kappa shape index (κ2) is 6.56. The standard InChI is InChI=1S/C12H16BBrN2O4/c1-13(18)16-7-9(5-10(16)12(17)19-2)20-8-3-4-15-11(14)6-8/h3-4,6,9-10,18H,5,7H2,1-2H3/t9-,10+/m1/s1. The number of esters is 1. The van der Waals surface area contributed by atoms with Gasteiger partial charge >= 0.3 is 13.0 Å². The van der Waals surface area contributed by atoms with Crippen LogP contribution in [0.2, 0.25) is 6.82 Å². The lowest BCUT2D eigenvalue weighted by Crippen LogP contribution is -2.45. The van der Waals surface area contributed by atoms with Crippen LogP contribution in [0.25, 0.3) is 0 Å². The van der Waals surface area contributed by atoms with Crippen molar-refractivity contribution >= 4 is 28.9 Å². The summed E-state index contributed by atoms with van der Waals surface area (Å²) in [5.41, 5.74) is 0. The van der Waals surface area contributed by atoms with Crippen molar-refractivity contribution in [1.82, 2.24) is 9.79 Å². The van der Waals surface area contributed by atoms with Crippen molar-refractivity contribution in [3.05, 3.63) is 22.9 Å². The minimum absolute atomic E-state index is 0.178. The van der Waals surface area contributed by atoms with E-state index in [9.17, 15) is 9.82 Å². The molecule has 2 rings (SSSR count). The fourth-order valence-electron chi connectivity index (χ4n) is 2.34. The first-order valence-corrected chi connectivity index (χ1v) is 7.10. The average Bonchev–Trinajstić information content (AvgIpc) is 2.82. The third kappa shape index (κ3) is 3.50. The molecule has 0 radical (unpaired) electrons. The van der Waals surface area contributed by atoms with E-state index in [-0.39, 0.29) is 12.1 Å². The number of carbonyl (C=O) groups excluding carboxylic acids is 1. The number of rotatable bonds is 4. The van der Waals surface area contributed by atoms with Crippen LogP contribution in [-0.4, -0.2) is 53.6 Å². The van der Waals surface area contributed by atoms with E-state index in [0.717, 1.165) is 0 Å². The van der Waals surface area contributed by atoms with Gasteiger partial charge in [-0.05, 0) is 28.8 Å². The van der Waals surface area contributed by atoms with Crippen LogP contribution in [0.3, 0.4) is 0 Å². The third-order valence-corrected chi connectivity index (χ3v) is 3.69. The van der Waals surface area contributed by atoms with Crippen molar-refractivity contribution in [3.8, 4) is 5.75 Å². The molecule has 0 aliphatic carbocycles. The summed E-state index contributed by atoms with van der Waals surface area (Å²) in [6, 6.07) is 3.04. The number of carbonyl (C=O) groups is 1. The van der Waals surface area contributed by atoms with Crippen LogP contribution < -0.4 is 4.74 Å². The van der Waals surface area contributed by atoms with Gasteiger partial charge in [0.2, 0.25) is 0 Å². The molecule has 0 aromatic carbocycles. The van der Waals surface area contributed by atoms with E-state index in [4.69, 9.17) is 9.47 Å². The van der Waals surface area contributed by atoms with E-state index >= 15 is 0 Å². The molecule has 1 aliphatic rings. The molecule has 0 bridgehead atoms. The summed E-state index contributed by atoms with van der Waals surface area (Å²) in [5, 5.41) is 9.74. The maximum atomic E-state index is 11.7. The normalized spacial score (nSPS) is 22.6. The zero-order chi connectivity index (χ0) is 14.7. The molecular formula is C12H16BBrN2O4. The van der Waals surface area contributed by atoms with E-state index < -0.39 is 13.1 Å². The zero-order valence-corrected chi connectivity index (χ0v) is 12.9. The largest absolute Gasteiger partial charge is 0.489 e. The Morgan fingerprint density at radius 1 is 1.65 bits per heavy atom. The molecule has 0 amide bonds. The summed E-state index contributed by atoms with van der Waals surface area (Å²) in [6.07, 6.45) is 1.94. The summed E-state index contributed by atoms with van der Waals surface area (Å²) >= 11 is 3.28. The van der Waals surface area contributed by atoms with Gasteiger partial charge in [-0.3, -0.25) is 4.79 Å². The van der Waals surface area contributed by atoms with Crippen molar-refractivity contribution in [3.63, 3.8) is 0 Å². The zero-order valence-electron chi connectivity index (χ0n) is 11.3. The van der Waals surface area contributed by atoms with Gasteiger partial charge in [0, 0.05) is 25.2 Å². The first kappa shape index (κ1) is 15.3. The Hall–Kier alpha value is -1.12. The van der Waals surface area contributed by atoms with Crippen molar-refractivity contribution in [2.75, 3.05) is 13.7 Å². The van der Waals surface area contributed by atoms with Gasteiger partial charge in [0.1, 0.15) is 22.5 Å². The van der Waals surface area contributed by atoms with Crippen LogP contribution in [-0.2, 0) is 9.53 Å². The van der Waals surface area contributed by atoms with E-state index in [1.54, 1.807) is 30.0 Å². The lowest BCUT2D eigenvalue weighted by molar-refractivity contribution is -0.144. The number of hydrogen-bond donors (Lipinski definition) is 1. The van der Waals surface area contributed by atoms with Gasteiger partial charge in [-0.2, -0.15) is 0 Å². The molecule has 2 heterocycles. The quantitative estimate of drug-likeness (QED) is 0.499. The van der Waals surface area contributed by atoms with Crippen LogP contribution in [0.15, 0.2) is 22.9 Å². The highest BCUT2D eigenvalue weighted by Gasteiger charge is 2.41. The molecule has 0 unspecified atom stereocenters. The maximum Gasteiger partial charge on any atom is 0.377 e. The van der Waals surface area contributed by atoms with E-state index in [0.29, 0.717) is 23.3 Å². The minimum atomic E-state index is -0.725. The highest BCUT2D eigenvalue weighted by Crippen LogP contribution is 2.25. The van der Waals surface area contributed by atoms with Crippen molar-refractivity contribution in [2.24, 2.45) is 0 Å². The number of aromatic nitrogens is 1. The molecule has 20 heavy (non-hydrogen) atoms. The van der Waals surface area contributed by atoms with Crippen molar-refractivity contribution in [1.29, 1.82) is 0 Å². The predicted octanol–water partition coefficient (Wildman–Crippen LogP) is 0.949. The van der Waals surface area contributed by atoms with Gasteiger partial charge in [0.25, 0.3) is 0 Å². The van der Waals surface area contributed by atoms with Crippen LogP contribution >= 0.6 is 15.9 Å². The molecule has 1 saturated heterocycles. The molecule has 1 aliphatic heterocycles. The van der Waals surface area contributed by atoms with E-state index in [1.807, 2.05) is 0 Å². The molecular weight excluding hydrogens is 327 g/mol. The summed E-state index contributed by atoms with van der Waals surface area (Å²) < 4.78 is 11.3. The van der Waals surface area contributed by atoms with Crippen molar-refractivity contribution < 1.29 is 19.3 Å². The minimum Gasteiger partial charge on any atom is -0.489 e. The van der Waals surface area contributed by atoms with Crippen LogP contribution in [0.4, 0.5) is 0 Å². The summed E-state index contributed by atoms with van der Waals surface area (Å²) in [4.78, 5) is 17.4. The van der Waals surface area contributed by atoms with Gasteiger partial charge in [-0.25, -0.2) is 4.98 Å². The molecule has 2 atom stereocenters. The van der Waals surface area contributed by atoms with Crippen LogP contribution in [0, 0.1) is 0 Å². The Kier molecular flexibility index (Phi) is 5.01. The van der Waals surface area contributed by atoms with E-state index in [1.165, 1.54) is 7.11 Å². The van der Waals surface area contributed by atoms with Gasteiger partial charge in [-0.15, -0.1) is 0 Å². The molecule has 108 valence electrons. The number of pyridine rings is 1. The second-order valence-corrected chi connectivity index (χ2v) is 5.47. The molecule has 8 heteroatoms. The number of ether oxygens (including phenoxy) is 2. The molecule has 1 N–H and O–H groups in total.